The first kappa shape index (κ1) is 16.8. The summed E-state index contributed by atoms with van der Waals surface area (Å²) < 4.78 is 5.17. The van der Waals surface area contributed by atoms with E-state index in [4.69, 9.17) is 4.52 Å². The van der Waals surface area contributed by atoms with Crippen LogP contribution < -0.4 is 0 Å². The number of aryl methyl sites for hydroxylation is 2. The van der Waals surface area contributed by atoms with E-state index in [-0.39, 0.29) is 5.91 Å². The molecule has 5 nitrogen and oxygen atoms in total. The summed E-state index contributed by atoms with van der Waals surface area (Å²) in [5.41, 5.74) is 3.63. The van der Waals surface area contributed by atoms with Gasteiger partial charge in [-0.15, -0.1) is 0 Å². The molecule has 5 heteroatoms. The largest absolute Gasteiger partial charge is 0.361 e. The number of amides is 1. The normalized spacial score (nSPS) is 17.6. The van der Waals surface area contributed by atoms with E-state index >= 15 is 0 Å². The molecule has 3 heterocycles. The molecule has 1 fully saturated rings. The minimum absolute atomic E-state index is 0.0435. The molecule has 0 aliphatic carbocycles. The summed E-state index contributed by atoms with van der Waals surface area (Å²) in [5, 5.41) is 5.09. The first-order valence-electron chi connectivity index (χ1n) is 9.18. The molecule has 1 amide bonds. The van der Waals surface area contributed by atoms with Gasteiger partial charge in [0.15, 0.2) is 0 Å². The van der Waals surface area contributed by atoms with Gasteiger partial charge in [0, 0.05) is 24.7 Å². The lowest BCUT2D eigenvalue weighted by Crippen LogP contribution is -2.40. The minimum Gasteiger partial charge on any atom is -0.361 e. The average Bonchev–Trinajstić information content (AvgIpc) is 3.00. The lowest BCUT2D eigenvalue weighted by atomic mass is 9.90. The van der Waals surface area contributed by atoms with Gasteiger partial charge in [-0.05, 0) is 50.7 Å². The average molecular weight is 349 g/mol. The van der Waals surface area contributed by atoms with Gasteiger partial charge < -0.3 is 9.42 Å². The zero-order valence-electron chi connectivity index (χ0n) is 15.2. The van der Waals surface area contributed by atoms with Crippen molar-refractivity contribution in [2.45, 2.75) is 33.1 Å². The van der Waals surface area contributed by atoms with E-state index in [0.717, 1.165) is 37.9 Å². The smallest absolute Gasteiger partial charge is 0.259 e. The summed E-state index contributed by atoms with van der Waals surface area (Å²) in [4.78, 5) is 19.4. The number of carbonyl (C=O) groups is 1. The maximum atomic E-state index is 12.9. The predicted octanol–water partition coefficient (Wildman–Crippen LogP) is 3.93. The Bertz CT molecular complexity index is 923. The van der Waals surface area contributed by atoms with Crippen molar-refractivity contribution in [3.05, 3.63) is 59.1 Å². The van der Waals surface area contributed by atoms with Crippen LogP contribution in [0.1, 0.15) is 40.2 Å². The summed E-state index contributed by atoms with van der Waals surface area (Å²) in [7, 11) is 0. The lowest BCUT2D eigenvalue weighted by molar-refractivity contribution is 0.0671. The molecule has 2 aromatic heterocycles. The van der Waals surface area contributed by atoms with Crippen LogP contribution in [0.15, 0.2) is 41.1 Å². The molecule has 0 unspecified atom stereocenters. The highest BCUT2D eigenvalue weighted by molar-refractivity contribution is 5.96. The Balaban J connectivity index is 1.53. The van der Waals surface area contributed by atoms with Crippen LogP contribution in [0, 0.1) is 19.8 Å². The van der Waals surface area contributed by atoms with E-state index in [1.807, 2.05) is 24.1 Å². The zero-order valence-corrected chi connectivity index (χ0v) is 15.2. The fourth-order valence-electron chi connectivity index (χ4n) is 4.01. The fourth-order valence-corrected chi connectivity index (χ4v) is 4.01. The van der Waals surface area contributed by atoms with Crippen LogP contribution in [0.4, 0.5) is 0 Å². The molecule has 0 radical (unpaired) electrons. The highest BCUT2D eigenvalue weighted by Gasteiger charge is 2.28. The van der Waals surface area contributed by atoms with Gasteiger partial charge >= 0.3 is 0 Å². The molecular weight excluding hydrogens is 326 g/mol. The molecule has 0 bridgehead atoms. The number of aromatic nitrogens is 2. The third-order valence-electron chi connectivity index (χ3n) is 5.28. The Morgan fingerprint density at radius 1 is 1.27 bits per heavy atom. The Hall–Kier alpha value is -2.69. The van der Waals surface area contributed by atoms with Crippen molar-refractivity contribution in [1.29, 1.82) is 0 Å². The van der Waals surface area contributed by atoms with E-state index in [9.17, 15) is 4.79 Å². The van der Waals surface area contributed by atoms with Gasteiger partial charge in [-0.1, -0.05) is 29.4 Å². The molecule has 26 heavy (non-hydrogen) atoms. The molecule has 134 valence electrons. The predicted molar refractivity (Wildman–Crippen MR) is 100 cm³/mol. The molecular formula is C21H23N3O2. The van der Waals surface area contributed by atoms with Crippen molar-refractivity contribution in [2.75, 3.05) is 13.1 Å². The molecule has 0 N–H and O–H groups in total. The van der Waals surface area contributed by atoms with E-state index < -0.39 is 0 Å². The van der Waals surface area contributed by atoms with Gasteiger partial charge in [-0.2, -0.15) is 0 Å². The van der Waals surface area contributed by atoms with Crippen LogP contribution in [0.3, 0.4) is 0 Å². The van der Waals surface area contributed by atoms with E-state index in [2.05, 4.69) is 34.4 Å². The number of piperidine rings is 1. The van der Waals surface area contributed by atoms with Crippen LogP contribution >= 0.6 is 0 Å². The van der Waals surface area contributed by atoms with Crippen LogP contribution in [0.2, 0.25) is 0 Å². The topological polar surface area (TPSA) is 59.2 Å². The number of nitrogens with zero attached hydrogens (tertiary/aromatic N) is 3. The Morgan fingerprint density at radius 2 is 2.12 bits per heavy atom. The van der Waals surface area contributed by atoms with E-state index in [1.165, 1.54) is 10.9 Å². The molecule has 1 aromatic carbocycles. The molecule has 1 aliphatic rings. The molecule has 4 rings (SSSR count). The lowest BCUT2D eigenvalue weighted by Gasteiger charge is -2.33. The molecule has 1 aliphatic heterocycles. The third kappa shape index (κ3) is 3.09. The Kier molecular flexibility index (Phi) is 4.45. The van der Waals surface area contributed by atoms with Gasteiger partial charge in [0.25, 0.3) is 5.91 Å². The van der Waals surface area contributed by atoms with Crippen LogP contribution in [0.25, 0.3) is 10.9 Å². The molecule has 1 atom stereocenters. The van der Waals surface area contributed by atoms with E-state index in [0.29, 0.717) is 22.9 Å². The summed E-state index contributed by atoms with van der Waals surface area (Å²) in [6.07, 6.45) is 4.95. The quantitative estimate of drug-likeness (QED) is 0.719. The Morgan fingerprint density at radius 3 is 2.92 bits per heavy atom. The summed E-state index contributed by atoms with van der Waals surface area (Å²) >= 11 is 0. The van der Waals surface area contributed by atoms with Crippen molar-refractivity contribution in [3.8, 4) is 0 Å². The molecule has 1 saturated heterocycles. The van der Waals surface area contributed by atoms with Crippen LogP contribution in [-0.4, -0.2) is 34.0 Å². The first-order valence-corrected chi connectivity index (χ1v) is 9.18. The second-order valence-electron chi connectivity index (χ2n) is 7.15. The monoisotopic (exact) mass is 349 g/mol. The first-order chi connectivity index (χ1) is 12.6. The molecule has 0 saturated carbocycles. The number of likely N-dealkylation sites (tertiary alicyclic amines) is 1. The third-order valence-corrected chi connectivity index (χ3v) is 5.28. The fraction of sp³-hybridized carbons (Fsp3) is 0.381. The van der Waals surface area contributed by atoms with Gasteiger partial charge in [0.05, 0.1) is 11.2 Å². The van der Waals surface area contributed by atoms with Gasteiger partial charge in [-0.3, -0.25) is 9.78 Å². The van der Waals surface area contributed by atoms with Crippen molar-refractivity contribution in [2.24, 2.45) is 5.92 Å². The molecule has 0 spiro atoms. The minimum atomic E-state index is 0.0435. The van der Waals surface area contributed by atoms with Crippen molar-refractivity contribution in [1.82, 2.24) is 15.0 Å². The number of rotatable bonds is 3. The summed E-state index contributed by atoms with van der Waals surface area (Å²) in [6.45, 7) is 5.20. The number of hydrogen-bond acceptors (Lipinski definition) is 4. The summed E-state index contributed by atoms with van der Waals surface area (Å²) in [6, 6.07) is 10.4. The number of carbonyl (C=O) groups excluding carboxylic acids is 1. The number of fused-ring (bicyclic) bond motifs is 1. The summed E-state index contributed by atoms with van der Waals surface area (Å²) in [5.74, 6) is 1.09. The zero-order chi connectivity index (χ0) is 18.1. The maximum absolute atomic E-state index is 12.9. The SMILES string of the molecule is Cc1noc(C)c1C(=O)N1CCC[C@@H](Cc2cccc3cccnc23)C1. The second kappa shape index (κ2) is 6.90. The maximum Gasteiger partial charge on any atom is 0.259 e. The number of benzene rings is 1. The number of para-hydroxylation sites is 1. The van der Waals surface area contributed by atoms with Crippen LogP contribution in [0.5, 0.6) is 0 Å². The van der Waals surface area contributed by atoms with Gasteiger partial charge in [0.2, 0.25) is 0 Å². The Labute approximate surface area is 153 Å². The highest BCUT2D eigenvalue weighted by Crippen LogP contribution is 2.26. The molecule has 3 aromatic rings. The van der Waals surface area contributed by atoms with Gasteiger partial charge in [-0.25, -0.2) is 0 Å². The number of hydrogen-bond donors (Lipinski definition) is 0. The second-order valence-corrected chi connectivity index (χ2v) is 7.15. The highest BCUT2D eigenvalue weighted by atomic mass is 16.5. The van der Waals surface area contributed by atoms with Crippen molar-refractivity contribution in [3.63, 3.8) is 0 Å². The number of pyridine rings is 1. The van der Waals surface area contributed by atoms with Crippen molar-refractivity contribution >= 4 is 16.8 Å². The van der Waals surface area contributed by atoms with Crippen molar-refractivity contribution < 1.29 is 9.32 Å². The van der Waals surface area contributed by atoms with Crippen LogP contribution in [-0.2, 0) is 6.42 Å². The standard InChI is InChI=1S/C21H23N3O2/c1-14-19(15(2)26-23-14)21(25)24-11-5-6-16(13-24)12-18-8-3-7-17-9-4-10-22-20(17)18/h3-4,7-10,16H,5-6,11-13H2,1-2H3/t16-/m0/s1. The van der Waals surface area contributed by atoms with Gasteiger partial charge in [0.1, 0.15) is 11.3 Å². The van der Waals surface area contributed by atoms with E-state index in [1.54, 1.807) is 6.92 Å².